The first-order valence-corrected chi connectivity index (χ1v) is 9.62. The summed E-state index contributed by atoms with van der Waals surface area (Å²) in [5, 5.41) is 5.94. The molecule has 2 N–H and O–H groups in total. The lowest BCUT2D eigenvalue weighted by molar-refractivity contribution is -0.130. The van der Waals surface area contributed by atoms with Crippen molar-refractivity contribution in [2.75, 3.05) is 26.2 Å². The number of likely N-dealkylation sites (tertiary alicyclic amines) is 2. The van der Waals surface area contributed by atoms with Crippen molar-refractivity contribution in [3.05, 3.63) is 24.2 Å². The van der Waals surface area contributed by atoms with Crippen molar-refractivity contribution in [3.63, 3.8) is 0 Å². The van der Waals surface area contributed by atoms with E-state index in [9.17, 15) is 14.4 Å². The Morgan fingerprint density at radius 3 is 2.63 bits per heavy atom. The molecule has 0 aliphatic carbocycles. The maximum absolute atomic E-state index is 12.5. The Morgan fingerprint density at radius 1 is 1.19 bits per heavy atom. The highest BCUT2D eigenvalue weighted by atomic mass is 16.3. The first-order chi connectivity index (χ1) is 13.0. The Bertz CT molecular complexity index is 653. The molecule has 0 bridgehead atoms. The SMILES string of the molecule is CC(=O)N1CCC(NC(=O)CN2CCCC2C(=O)NCc2ccco2)CC1. The fourth-order valence-corrected chi connectivity index (χ4v) is 3.81. The Balaban J connectivity index is 1.42. The summed E-state index contributed by atoms with van der Waals surface area (Å²) in [6.07, 6.45) is 4.79. The van der Waals surface area contributed by atoms with Gasteiger partial charge in [0.1, 0.15) is 5.76 Å². The zero-order valence-electron chi connectivity index (χ0n) is 15.8. The number of carbonyl (C=O) groups excluding carboxylic acids is 3. The van der Waals surface area contributed by atoms with E-state index in [0.717, 1.165) is 32.2 Å². The second-order valence-corrected chi connectivity index (χ2v) is 7.27. The number of amides is 3. The zero-order chi connectivity index (χ0) is 19.2. The molecule has 2 aliphatic heterocycles. The molecule has 148 valence electrons. The number of nitrogens with zero attached hydrogens (tertiary/aromatic N) is 2. The van der Waals surface area contributed by atoms with Crippen molar-refractivity contribution in [1.82, 2.24) is 20.4 Å². The van der Waals surface area contributed by atoms with Gasteiger partial charge in [-0.25, -0.2) is 0 Å². The van der Waals surface area contributed by atoms with E-state index in [0.29, 0.717) is 25.4 Å². The fraction of sp³-hybridized carbons (Fsp3) is 0.632. The van der Waals surface area contributed by atoms with E-state index in [2.05, 4.69) is 10.6 Å². The molecule has 1 atom stereocenters. The Kier molecular flexibility index (Phi) is 6.49. The van der Waals surface area contributed by atoms with Gasteiger partial charge in [-0.1, -0.05) is 0 Å². The molecule has 2 aliphatic rings. The van der Waals surface area contributed by atoms with Crippen LogP contribution in [0.2, 0.25) is 0 Å². The summed E-state index contributed by atoms with van der Waals surface area (Å²) in [5.41, 5.74) is 0. The number of hydrogen-bond donors (Lipinski definition) is 2. The predicted molar refractivity (Wildman–Crippen MR) is 98.6 cm³/mol. The third-order valence-electron chi connectivity index (χ3n) is 5.34. The van der Waals surface area contributed by atoms with Crippen LogP contribution in [0.3, 0.4) is 0 Å². The molecule has 1 aromatic rings. The van der Waals surface area contributed by atoms with Crippen molar-refractivity contribution in [2.45, 2.75) is 51.2 Å². The second kappa shape index (κ2) is 9.03. The molecule has 2 fully saturated rings. The highest BCUT2D eigenvalue weighted by molar-refractivity contribution is 5.84. The lowest BCUT2D eigenvalue weighted by Crippen LogP contribution is -2.50. The average Bonchev–Trinajstić information content (AvgIpc) is 3.32. The van der Waals surface area contributed by atoms with Crippen LogP contribution in [0.5, 0.6) is 0 Å². The van der Waals surface area contributed by atoms with Crippen molar-refractivity contribution < 1.29 is 18.8 Å². The van der Waals surface area contributed by atoms with E-state index >= 15 is 0 Å². The Hall–Kier alpha value is -2.35. The predicted octanol–water partition coefficient (Wildman–Crippen LogP) is 0.487. The highest BCUT2D eigenvalue weighted by Gasteiger charge is 2.32. The second-order valence-electron chi connectivity index (χ2n) is 7.27. The lowest BCUT2D eigenvalue weighted by Gasteiger charge is -2.32. The van der Waals surface area contributed by atoms with Crippen LogP contribution < -0.4 is 10.6 Å². The maximum atomic E-state index is 12.5. The normalized spacial score (nSPS) is 21.2. The minimum Gasteiger partial charge on any atom is -0.467 e. The molecular weight excluding hydrogens is 348 g/mol. The molecule has 8 heteroatoms. The van der Waals surface area contributed by atoms with Crippen LogP contribution in [0.15, 0.2) is 22.8 Å². The van der Waals surface area contributed by atoms with Crippen molar-refractivity contribution in [3.8, 4) is 0 Å². The van der Waals surface area contributed by atoms with Gasteiger partial charge in [-0.2, -0.15) is 0 Å². The molecule has 0 aromatic carbocycles. The van der Waals surface area contributed by atoms with Gasteiger partial charge in [0, 0.05) is 26.1 Å². The number of nitrogens with one attached hydrogen (secondary N) is 2. The largest absolute Gasteiger partial charge is 0.467 e. The number of carbonyl (C=O) groups is 3. The number of rotatable bonds is 6. The van der Waals surface area contributed by atoms with E-state index in [1.165, 1.54) is 0 Å². The van der Waals surface area contributed by atoms with E-state index in [-0.39, 0.29) is 36.3 Å². The number of piperidine rings is 1. The molecule has 1 unspecified atom stereocenters. The van der Waals surface area contributed by atoms with Crippen LogP contribution in [0.4, 0.5) is 0 Å². The molecule has 3 amide bonds. The van der Waals surface area contributed by atoms with Crippen LogP contribution in [-0.2, 0) is 20.9 Å². The maximum Gasteiger partial charge on any atom is 0.237 e. The summed E-state index contributed by atoms with van der Waals surface area (Å²) in [7, 11) is 0. The summed E-state index contributed by atoms with van der Waals surface area (Å²) in [5.74, 6) is 0.677. The first-order valence-electron chi connectivity index (χ1n) is 9.62. The Labute approximate surface area is 159 Å². The third kappa shape index (κ3) is 5.32. The van der Waals surface area contributed by atoms with Gasteiger partial charge < -0.3 is 20.0 Å². The third-order valence-corrected chi connectivity index (χ3v) is 5.34. The molecule has 2 saturated heterocycles. The molecule has 3 heterocycles. The first kappa shape index (κ1) is 19.4. The molecule has 0 radical (unpaired) electrons. The van der Waals surface area contributed by atoms with E-state index in [1.54, 1.807) is 19.3 Å². The van der Waals surface area contributed by atoms with E-state index in [4.69, 9.17) is 4.42 Å². The summed E-state index contributed by atoms with van der Waals surface area (Å²) in [4.78, 5) is 40.0. The van der Waals surface area contributed by atoms with Crippen molar-refractivity contribution >= 4 is 17.7 Å². The van der Waals surface area contributed by atoms with Crippen LogP contribution >= 0.6 is 0 Å². The van der Waals surface area contributed by atoms with Gasteiger partial charge in [0.05, 0.1) is 25.4 Å². The van der Waals surface area contributed by atoms with Gasteiger partial charge >= 0.3 is 0 Å². The molecule has 0 saturated carbocycles. The van der Waals surface area contributed by atoms with E-state index < -0.39 is 0 Å². The Morgan fingerprint density at radius 2 is 1.96 bits per heavy atom. The molecule has 3 rings (SSSR count). The number of hydrogen-bond acceptors (Lipinski definition) is 5. The fourth-order valence-electron chi connectivity index (χ4n) is 3.81. The lowest BCUT2D eigenvalue weighted by atomic mass is 10.0. The monoisotopic (exact) mass is 376 g/mol. The molecule has 8 nitrogen and oxygen atoms in total. The molecule has 27 heavy (non-hydrogen) atoms. The van der Waals surface area contributed by atoms with Gasteiger partial charge in [0.2, 0.25) is 17.7 Å². The summed E-state index contributed by atoms with van der Waals surface area (Å²) in [6.45, 7) is 4.27. The summed E-state index contributed by atoms with van der Waals surface area (Å²) in [6, 6.07) is 3.43. The summed E-state index contributed by atoms with van der Waals surface area (Å²) < 4.78 is 5.23. The average molecular weight is 376 g/mol. The molecule has 0 spiro atoms. The van der Waals surface area contributed by atoms with Crippen LogP contribution in [0.25, 0.3) is 0 Å². The standard InChI is InChI=1S/C19H28N4O4/c1-14(24)22-9-6-15(7-10-22)21-18(25)13-23-8-2-5-17(23)19(26)20-12-16-4-3-11-27-16/h3-4,11,15,17H,2,5-10,12-13H2,1H3,(H,20,26)(H,21,25). The minimum atomic E-state index is -0.273. The van der Waals surface area contributed by atoms with Gasteiger partial charge in [-0.3, -0.25) is 19.3 Å². The van der Waals surface area contributed by atoms with Gasteiger partial charge in [0.25, 0.3) is 0 Å². The number of furan rings is 1. The van der Waals surface area contributed by atoms with Crippen LogP contribution in [0.1, 0.15) is 38.4 Å². The van der Waals surface area contributed by atoms with Crippen molar-refractivity contribution in [1.29, 1.82) is 0 Å². The minimum absolute atomic E-state index is 0.0537. The van der Waals surface area contributed by atoms with Gasteiger partial charge in [0.15, 0.2) is 0 Å². The zero-order valence-corrected chi connectivity index (χ0v) is 15.8. The topological polar surface area (TPSA) is 94.9 Å². The summed E-state index contributed by atoms with van der Waals surface area (Å²) >= 11 is 0. The molecular formula is C19H28N4O4. The van der Waals surface area contributed by atoms with E-state index in [1.807, 2.05) is 15.9 Å². The van der Waals surface area contributed by atoms with Crippen LogP contribution in [-0.4, -0.2) is 65.8 Å². The molecule has 1 aromatic heterocycles. The van der Waals surface area contributed by atoms with Gasteiger partial charge in [-0.05, 0) is 44.4 Å². The highest BCUT2D eigenvalue weighted by Crippen LogP contribution is 2.17. The van der Waals surface area contributed by atoms with Gasteiger partial charge in [-0.15, -0.1) is 0 Å². The smallest absolute Gasteiger partial charge is 0.237 e. The van der Waals surface area contributed by atoms with Crippen molar-refractivity contribution in [2.24, 2.45) is 0 Å². The van der Waals surface area contributed by atoms with Crippen LogP contribution in [0, 0.1) is 0 Å². The quantitative estimate of drug-likeness (QED) is 0.753.